The lowest BCUT2D eigenvalue weighted by molar-refractivity contribution is 0.292. The van der Waals surface area contributed by atoms with Crippen LogP contribution in [0.2, 0.25) is 0 Å². The summed E-state index contributed by atoms with van der Waals surface area (Å²) in [5, 5.41) is 4.45. The summed E-state index contributed by atoms with van der Waals surface area (Å²) in [4.78, 5) is 16.2. The minimum Gasteiger partial charge on any atom is -0.382 e. The Balaban J connectivity index is 1.55. The quantitative estimate of drug-likeness (QED) is 0.462. The summed E-state index contributed by atoms with van der Waals surface area (Å²) in [5.41, 5.74) is 11.4. The smallest absolute Gasteiger partial charge is 0.166 e. The van der Waals surface area contributed by atoms with Gasteiger partial charge in [-0.1, -0.05) is 32.9 Å². The molecule has 31 heavy (non-hydrogen) atoms. The first kappa shape index (κ1) is 20.9. The zero-order valence-corrected chi connectivity index (χ0v) is 18.4. The fraction of sp³-hybridized carbons (Fsp3) is 0.333. The van der Waals surface area contributed by atoms with Crippen LogP contribution in [0.1, 0.15) is 38.8 Å². The molecule has 0 aliphatic carbocycles. The van der Waals surface area contributed by atoms with E-state index >= 15 is 0 Å². The molecule has 0 aliphatic heterocycles. The highest BCUT2D eigenvalue weighted by atomic mass is 15.3. The number of aromatic nitrogens is 5. The summed E-state index contributed by atoms with van der Waals surface area (Å²) in [6, 6.07) is 9.93. The van der Waals surface area contributed by atoms with Crippen LogP contribution in [0.15, 0.2) is 55.1 Å². The Morgan fingerprint density at radius 3 is 2.48 bits per heavy atom. The lowest BCUT2D eigenvalue weighted by atomic mass is 10.0. The molecule has 2 N–H and O–H groups in total. The molecule has 0 amide bonds. The van der Waals surface area contributed by atoms with E-state index < -0.39 is 0 Å². The normalized spacial score (nSPS) is 12.5. The van der Waals surface area contributed by atoms with Gasteiger partial charge in [0.25, 0.3) is 0 Å². The third-order valence-corrected chi connectivity index (χ3v) is 5.82. The van der Waals surface area contributed by atoms with Gasteiger partial charge in [0, 0.05) is 41.6 Å². The van der Waals surface area contributed by atoms with Gasteiger partial charge in [-0.2, -0.15) is 0 Å². The van der Waals surface area contributed by atoms with Crippen LogP contribution in [0.5, 0.6) is 0 Å². The van der Waals surface area contributed by atoms with Gasteiger partial charge in [0.05, 0.1) is 11.3 Å². The molecular formula is C24H29N7. The highest BCUT2D eigenvalue weighted by Gasteiger charge is 2.16. The fourth-order valence-corrected chi connectivity index (χ4v) is 3.79. The zero-order valence-electron chi connectivity index (χ0n) is 18.4. The lowest BCUT2D eigenvalue weighted by Crippen LogP contribution is -2.25. The standard InChI is InChI=1S/C24H29N7/c1-4-30(5-2)13-11-17(3)20-10-9-18(14-27-20)19-15-28-24-22(21-8-6-7-12-26-21)23(25)29-31(24)16-19/h6-10,12,14-17H,4-5,11,13H2,1-3H3,(H2,25,29). The number of hydrogen-bond donors (Lipinski definition) is 1. The Morgan fingerprint density at radius 2 is 1.81 bits per heavy atom. The van der Waals surface area contributed by atoms with E-state index in [4.69, 9.17) is 10.7 Å². The van der Waals surface area contributed by atoms with Gasteiger partial charge < -0.3 is 10.6 Å². The first-order valence-corrected chi connectivity index (χ1v) is 10.8. The second kappa shape index (κ2) is 9.22. The van der Waals surface area contributed by atoms with Crippen molar-refractivity contribution in [3.63, 3.8) is 0 Å². The van der Waals surface area contributed by atoms with Gasteiger partial charge in [-0.3, -0.25) is 9.97 Å². The highest BCUT2D eigenvalue weighted by molar-refractivity contribution is 5.84. The van der Waals surface area contributed by atoms with E-state index in [2.05, 4.69) is 52.9 Å². The molecule has 4 heterocycles. The fourth-order valence-electron chi connectivity index (χ4n) is 3.79. The van der Waals surface area contributed by atoms with Gasteiger partial charge in [0.1, 0.15) is 0 Å². The van der Waals surface area contributed by atoms with E-state index in [0.717, 1.165) is 54.1 Å². The van der Waals surface area contributed by atoms with Gasteiger partial charge in [0.2, 0.25) is 0 Å². The van der Waals surface area contributed by atoms with Crippen molar-refractivity contribution in [1.82, 2.24) is 29.5 Å². The number of nitrogens with two attached hydrogens (primary N) is 1. The molecule has 0 aliphatic rings. The Morgan fingerprint density at radius 1 is 1.00 bits per heavy atom. The minimum atomic E-state index is 0.416. The van der Waals surface area contributed by atoms with E-state index in [1.165, 1.54) is 0 Å². The number of nitrogens with zero attached hydrogens (tertiary/aromatic N) is 6. The SMILES string of the molecule is CCN(CC)CCC(C)c1ccc(-c2cnc3c(-c4ccccn4)c(N)nn3c2)cn1. The number of anilines is 1. The Hall–Kier alpha value is -3.32. The maximum absolute atomic E-state index is 6.17. The summed E-state index contributed by atoms with van der Waals surface area (Å²) in [6.45, 7) is 9.93. The number of hydrogen-bond acceptors (Lipinski definition) is 6. The second-order valence-electron chi connectivity index (χ2n) is 7.77. The van der Waals surface area contributed by atoms with Crippen LogP contribution in [0.4, 0.5) is 5.82 Å². The highest BCUT2D eigenvalue weighted by Crippen LogP contribution is 2.29. The van der Waals surface area contributed by atoms with Crippen molar-refractivity contribution < 1.29 is 0 Å². The molecule has 160 valence electrons. The minimum absolute atomic E-state index is 0.416. The average molecular weight is 416 g/mol. The van der Waals surface area contributed by atoms with Gasteiger partial charge in [-0.05, 0) is 50.2 Å². The topological polar surface area (TPSA) is 85.2 Å². The van der Waals surface area contributed by atoms with Crippen molar-refractivity contribution in [2.75, 3.05) is 25.4 Å². The van der Waals surface area contributed by atoms with E-state index in [9.17, 15) is 0 Å². The van der Waals surface area contributed by atoms with Gasteiger partial charge in [0.15, 0.2) is 11.5 Å². The molecule has 0 aromatic carbocycles. The molecule has 0 fully saturated rings. The van der Waals surface area contributed by atoms with Gasteiger partial charge >= 0.3 is 0 Å². The maximum Gasteiger partial charge on any atom is 0.166 e. The first-order chi connectivity index (χ1) is 15.1. The molecule has 4 rings (SSSR count). The van der Waals surface area contributed by atoms with E-state index in [0.29, 0.717) is 17.4 Å². The molecule has 4 aromatic heterocycles. The number of pyridine rings is 2. The van der Waals surface area contributed by atoms with Gasteiger partial charge in [-0.15, -0.1) is 5.10 Å². The largest absolute Gasteiger partial charge is 0.382 e. The monoisotopic (exact) mass is 415 g/mol. The Labute approximate surface area is 183 Å². The summed E-state index contributed by atoms with van der Waals surface area (Å²) < 4.78 is 1.72. The summed E-state index contributed by atoms with van der Waals surface area (Å²) in [6.07, 6.45) is 8.53. The predicted molar refractivity (Wildman–Crippen MR) is 125 cm³/mol. The summed E-state index contributed by atoms with van der Waals surface area (Å²) in [7, 11) is 0. The van der Waals surface area contributed by atoms with Crippen molar-refractivity contribution in [3.8, 4) is 22.4 Å². The third kappa shape index (κ3) is 4.41. The van der Waals surface area contributed by atoms with Crippen molar-refractivity contribution in [2.45, 2.75) is 33.1 Å². The molecule has 0 spiro atoms. The average Bonchev–Trinajstić information content (AvgIpc) is 3.15. The van der Waals surface area contributed by atoms with Crippen molar-refractivity contribution in [3.05, 3.63) is 60.8 Å². The summed E-state index contributed by atoms with van der Waals surface area (Å²) in [5.74, 6) is 0.834. The third-order valence-electron chi connectivity index (χ3n) is 5.82. The second-order valence-corrected chi connectivity index (χ2v) is 7.77. The molecule has 4 aromatic rings. The molecular weight excluding hydrogens is 386 g/mol. The van der Waals surface area contributed by atoms with Crippen LogP contribution in [0, 0.1) is 0 Å². The van der Waals surface area contributed by atoms with Crippen LogP contribution in [0.25, 0.3) is 28.0 Å². The van der Waals surface area contributed by atoms with E-state index in [1.54, 1.807) is 10.7 Å². The predicted octanol–water partition coefficient (Wildman–Crippen LogP) is 4.27. The molecule has 0 saturated heterocycles. The van der Waals surface area contributed by atoms with Crippen molar-refractivity contribution in [2.24, 2.45) is 0 Å². The first-order valence-electron chi connectivity index (χ1n) is 10.8. The molecule has 1 unspecified atom stereocenters. The lowest BCUT2D eigenvalue weighted by Gasteiger charge is -2.20. The van der Waals surface area contributed by atoms with Crippen LogP contribution in [-0.4, -0.2) is 49.1 Å². The van der Waals surface area contributed by atoms with Crippen LogP contribution < -0.4 is 5.73 Å². The molecule has 0 radical (unpaired) electrons. The molecule has 1 atom stereocenters. The number of fused-ring (bicyclic) bond motifs is 1. The van der Waals surface area contributed by atoms with E-state index in [-0.39, 0.29) is 0 Å². The molecule has 0 bridgehead atoms. The molecule has 7 heteroatoms. The van der Waals surface area contributed by atoms with Crippen LogP contribution >= 0.6 is 0 Å². The van der Waals surface area contributed by atoms with E-state index in [1.807, 2.05) is 36.8 Å². The molecule has 0 saturated carbocycles. The Bertz CT molecular complexity index is 1130. The maximum atomic E-state index is 6.17. The van der Waals surface area contributed by atoms with Crippen LogP contribution in [-0.2, 0) is 0 Å². The number of rotatable bonds is 8. The summed E-state index contributed by atoms with van der Waals surface area (Å²) >= 11 is 0. The van der Waals surface area contributed by atoms with Crippen molar-refractivity contribution >= 4 is 11.5 Å². The molecule has 7 nitrogen and oxygen atoms in total. The number of nitrogen functional groups attached to an aromatic ring is 1. The van der Waals surface area contributed by atoms with Gasteiger partial charge in [-0.25, -0.2) is 9.50 Å². The Kier molecular flexibility index (Phi) is 6.23. The van der Waals surface area contributed by atoms with Crippen LogP contribution in [0.3, 0.4) is 0 Å². The van der Waals surface area contributed by atoms with Crippen molar-refractivity contribution in [1.29, 1.82) is 0 Å². The zero-order chi connectivity index (χ0) is 21.8.